The first-order valence-electron chi connectivity index (χ1n) is 7.33. The minimum Gasteiger partial charge on any atom is -0.377 e. The molecule has 0 aliphatic carbocycles. The molecule has 1 aromatic heterocycles. The van der Waals surface area contributed by atoms with E-state index in [4.69, 9.17) is 4.74 Å². The summed E-state index contributed by atoms with van der Waals surface area (Å²) < 4.78 is 5.85. The molecule has 106 valence electrons. The van der Waals surface area contributed by atoms with E-state index in [0.717, 1.165) is 32.8 Å². The van der Waals surface area contributed by atoms with Crippen LogP contribution in [0.15, 0.2) is 11.6 Å². The molecule has 2 aliphatic heterocycles. The number of piperazine rings is 1. The van der Waals surface area contributed by atoms with Gasteiger partial charge in [0.05, 0.1) is 6.10 Å². The van der Waals surface area contributed by atoms with E-state index in [1.54, 1.807) is 11.3 Å². The van der Waals surface area contributed by atoms with Gasteiger partial charge < -0.3 is 9.64 Å². The number of thiazole rings is 1. The van der Waals surface area contributed by atoms with Crippen LogP contribution in [0.5, 0.6) is 0 Å². The summed E-state index contributed by atoms with van der Waals surface area (Å²) >= 11 is 1.74. The number of anilines is 1. The van der Waals surface area contributed by atoms with Crippen LogP contribution in [-0.2, 0) is 4.74 Å². The molecule has 2 atom stereocenters. The van der Waals surface area contributed by atoms with Crippen molar-refractivity contribution < 1.29 is 4.74 Å². The number of hydrogen-bond donors (Lipinski definition) is 0. The number of nitrogens with zero attached hydrogens (tertiary/aromatic N) is 3. The van der Waals surface area contributed by atoms with Crippen molar-refractivity contribution >= 4 is 16.5 Å². The van der Waals surface area contributed by atoms with E-state index in [9.17, 15) is 0 Å². The van der Waals surface area contributed by atoms with Crippen LogP contribution in [0.3, 0.4) is 0 Å². The van der Waals surface area contributed by atoms with E-state index >= 15 is 0 Å². The third-order valence-corrected chi connectivity index (χ3v) is 4.92. The molecule has 0 bridgehead atoms. The van der Waals surface area contributed by atoms with Crippen LogP contribution in [0.2, 0.25) is 0 Å². The first-order valence-corrected chi connectivity index (χ1v) is 8.21. The molecule has 2 saturated heterocycles. The Kier molecular flexibility index (Phi) is 4.35. The highest BCUT2D eigenvalue weighted by molar-refractivity contribution is 7.13. The van der Waals surface area contributed by atoms with E-state index in [2.05, 4.69) is 27.1 Å². The van der Waals surface area contributed by atoms with Crippen LogP contribution in [0.25, 0.3) is 0 Å². The smallest absolute Gasteiger partial charge is 0.185 e. The molecule has 4 nitrogen and oxygen atoms in total. The zero-order chi connectivity index (χ0) is 13.1. The molecule has 0 N–H and O–H groups in total. The summed E-state index contributed by atoms with van der Waals surface area (Å²) in [6.07, 6.45) is 6.17. The molecule has 0 spiro atoms. The normalized spacial score (nSPS) is 29.6. The molecule has 19 heavy (non-hydrogen) atoms. The van der Waals surface area contributed by atoms with Crippen molar-refractivity contribution in [2.75, 3.05) is 37.7 Å². The van der Waals surface area contributed by atoms with Crippen molar-refractivity contribution in [1.82, 2.24) is 9.88 Å². The lowest BCUT2D eigenvalue weighted by Crippen LogP contribution is -2.53. The largest absolute Gasteiger partial charge is 0.377 e. The summed E-state index contributed by atoms with van der Waals surface area (Å²) in [6.45, 7) is 7.70. The van der Waals surface area contributed by atoms with Crippen LogP contribution < -0.4 is 4.90 Å². The van der Waals surface area contributed by atoms with Gasteiger partial charge in [0.1, 0.15) is 0 Å². The summed E-state index contributed by atoms with van der Waals surface area (Å²) in [5, 5.41) is 3.23. The van der Waals surface area contributed by atoms with Gasteiger partial charge in [-0.05, 0) is 26.2 Å². The average Bonchev–Trinajstić information content (AvgIpc) is 2.94. The molecule has 0 aromatic carbocycles. The van der Waals surface area contributed by atoms with Gasteiger partial charge in [0.2, 0.25) is 0 Å². The first kappa shape index (κ1) is 13.3. The highest BCUT2D eigenvalue weighted by atomic mass is 32.1. The van der Waals surface area contributed by atoms with E-state index < -0.39 is 0 Å². The molecular formula is C14H23N3OS. The lowest BCUT2D eigenvalue weighted by molar-refractivity contribution is -0.00823. The van der Waals surface area contributed by atoms with Gasteiger partial charge in [-0.3, -0.25) is 4.90 Å². The Hall–Kier alpha value is -0.650. The minimum atomic E-state index is 0.465. The van der Waals surface area contributed by atoms with Crippen molar-refractivity contribution in [3.63, 3.8) is 0 Å². The van der Waals surface area contributed by atoms with E-state index in [-0.39, 0.29) is 0 Å². The van der Waals surface area contributed by atoms with Gasteiger partial charge >= 0.3 is 0 Å². The van der Waals surface area contributed by atoms with Crippen LogP contribution in [-0.4, -0.2) is 54.8 Å². The molecule has 0 amide bonds. The van der Waals surface area contributed by atoms with Gasteiger partial charge in [-0.25, -0.2) is 4.98 Å². The maximum atomic E-state index is 5.85. The molecule has 2 aliphatic rings. The third-order valence-electron chi connectivity index (χ3n) is 4.11. The molecule has 2 fully saturated rings. The highest BCUT2D eigenvalue weighted by Crippen LogP contribution is 2.23. The molecule has 1 aromatic rings. The second-order valence-corrected chi connectivity index (χ2v) is 6.48. The van der Waals surface area contributed by atoms with Crippen molar-refractivity contribution in [3.05, 3.63) is 11.6 Å². The fourth-order valence-corrected chi connectivity index (χ4v) is 3.85. The van der Waals surface area contributed by atoms with E-state index in [0.29, 0.717) is 12.1 Å². The van der Waals surface area contributed by atoms with Crippen molar-refractivity contribution in [3.8, 4) is 0 Å². The number of aromatic nitrogens is 1. The fraction of sp³-hybridized carbons (Fsp3) is 0.786. The Morgan fingerprint density at radius 1 is 1.42 bits per heavy atom. The van der Waals surface area contributed by atoms with Crippen LogP contribution in [0.1, 0.15) is 26.2 Å². The summed E-state index contributed by atoms with van der Waals surface area (Å²) in [6, 6.07) is 0.545. The van der Waals surface area contributed by atoms with Gasteiger partial charge in [-0.15, -0.1) is 11.3 Å². The monoisotopic (exact) mass is 281 g/mol. The summed E-state index contributed by atoms with van der Waals surface area (Å²) in [7, 11) is 0. The maximum absolute atomic E-state index is 5.85. The lowest BCUT2D eigenvalue weighted by Gasteiger charge is -2.41. The number of hydrogen-bond acceptors (Lipinski definition) is 5. The van der Waals surface area contributed by atoms with Crippen molar-refractivity contribution in [2.24, 2.45) is 0 Å². The second-order valence-electron chi connectivity index (χ2n) is 5.61. The standard InChI is InChI=1S/C14H23N3OS/c1-12-10-16(11-13-4-2-3-8-18-13)6-7-17(12)14-15-5-9-19-14/h5,9,12-13H,2-4,6-8,10-11H2,1H3/t12-,13+/m0/s1. The molecule has 3 rings (SSSR count). The third kappa shape index (κ3) is 3.27. The minimum absolute atomic E-state index is 0.465. The van der Waals surface area contributed by atoms with Gasteiger partial charge in [0.15, 0.2) is 5.13 Å². The summed E-state index contributed by atoms with van der Waals surface area (Å²) in [5.74, 6) is 0. The summed E-state index contributed by atoms with van der Waals surface area (Å²) in [4.78, 5) is 9.43. The Labute approximate surface area is 119 Å². The molecule has 0 saturated carbocycles. The lowest BCUT2D eigenvalue weighted by atomic mass is 10.1. The SMILES string of the molecule is C[C@H]1CN(C[C@H]2CCCCO2)CCN1c1nccs1. The maximum Gasteiger partial charge on any atom is 0.185 e. The predicted molar refractivity (Wildman–Crippen MR) is 79.0 cm³/mol. The van der Waals surface area contributed by atoms with E-state index in [1.807, 2.05) is 6.20 Å². The quantitative estimate of drug-likeness (QED) is 0.849. The van der Waals surface area contributed by atoms with Crippen LogP contribution in [0, 0.1) is 0 Å². The van der Waals surface area contributed by atoms with Crippen LogP contribution >= 0.6 is 11.3 Å². The predicted octanol–water partition coefficient (Wildman–Crippen LogP) is 2.22. The second kappa shape index (κ2) is 6.20. The first-order chi connectivity index (χ1) is 9.33. The Bertz CT molecular complexity index is 378. The number of ether oxygens (including phenoxy) is 1. The zero-order valence-corrected chi connectivity index (χ0v) is 12.4. The Morgan fingerprint density at radius 3 is 3.05 bits per heavy atom. The molecule has 0 radical (unpaired) electrons. The van der Waals surface area contributed by atoms with Crippen molar-refractivity contribution in [2.45, 2.75) is 38.3 Å². The van der Waals surface area contributed by atoms with Crippen LogP contribution in [0.4, 0.5) is 5.13 Å². The van der Waals surface area contributed by atoms with Gasteiger partial charge in [0, 0.05) is 50.4 Å². The Balaban J connectivity index is 1.52. The topological polar surface area (TPSA) is 28.6 Å². The molecular weight excluding hydrogens is 258 g/mol. The average molecular weight is 281 g/mol. The van der Waals surface area contributed by atoms with Gasteiger partial charge in [0.25, 0.3) is 0 Å². The highest BCUT2D eigenvalue weighted by Gasteiger charge is 2.27. The fourth-order valence-electron chi connectivity index (χ4n) is 3.08. The number of rotatable bonds is 3. The van der Waals surface area contributed by atoms with Gasteiger partial charge in [-0.2, -0.15) is 0 Å². The van der Waals surface area contributed by atoms with E-state index in [1.165, 1.54) is 24.4 Å². The molecule has 0 unspecified atom stereocenters. The summed E-state index contributed by atoms with van der Waals surface area (Å²) in [5.41, 5.74) is 0. The molecule has 3 heterocycles. The van der Waals surface area contributed by atoms with Gasteiger partial charge in [-0.1, -0.05) is 0 Å². The Morgan fingerprint density at radius 2 is 2.37 bits per heavy atom. The van der Waals surface area contributed by atoms with Crippen molar-refractivity contribution in [1.29, 1.82) is 0 Å². The molecule has 5 heteroatoms. The zero-order valence-electron chi connectivity index (χ0n) is 11.6.